The van der Waals surface area contributed by atoms with Gasteiger partial charge >= 0.3 is 0 Å². The summed E-state index contributed by atoms with van der Waals surface area (Å²) in [4.78, 5) is 0. The molecule has 2 aliphatic rings. The summed E-state index contributed by atoms with van der Waals surface area (Å²) in [7, 11) is 0. The van der Waals surface area contributed by atoms with E-state index in [4.69, 9.17) is 4.74 Å². The first-order chi connectivity index (χ1) is 8.31. The second kappa shape index (κ2) is 6.75. The highest BCUT2D eigenvalue weighted by molar-refractivity contribution is 4.82. The monoisotopic (exact) mass is 240 g/mol. The van der Waals surface area contributed by atoms with E-state index in [0.29, 0.717) is 5.92 Å². The Balaban J connectivity index is 1.79. The first kappa shape index (κ1) is 13.4. The third-order valence-electron chi connectivity index (χ3n) is 4.42. The molecule has 0 amide bonds. The van der Waals surface area contributed by atoms with E-state index in [-0.39, 0.29) is 12.2 Å². The average molecular weight is 240 g/mol. The summed E-state index contributed by atoms with van der Waals surface area (Å²) in [5.41, 5.74) is 0. The zero-order valence-electron chi connectivity index (χ0n) is 11.2. The van der Waals surface area contributed by atoms with Crippen LogP contribution in [0.3, 0.4) is 0 Å². The van der Waals surface area contributed by atoms with E-state index in [2.05, 4.69) is 0 Å². The van der Waals surface area contributed by atoms with Crippen molar-refractivity contribution >= 4 is 0 Å². The summed E-state index contributed by atoms with van der Waals surface area (Å²) >= 11 is 0. The molecule has 2 unspecified atom stereocenters. The molecule has 0 aromatic heterocycles. The molecule has 2 saturated carbocycles. The van der Waals surface area contributed by atoms with Gasteiger partial charge < -0.3 is 9.84 Å². The second-order valence-electron chi connectivity index (χ2n) is 5.91. The van der Waals surface area contributed by atoms with Crippen LogP contribution in [0.4, 0.5) is 0 Å². The van der Waals surface area contributed by atoms with Gasteiger partial charge in [-0.15, -0.1) is 0 Å². The number of aliphatic hydroxyl groups excluding tert-OH is 1. The predicted molar refractivity (Wildman–Crippen MR) is 70.0 cm³/mol. The Bertz CT molecular complexity index is 207. The van der Waals surface area contributed by atoms with Crippen molar-refractivity contribution in [2.45, 2.75) is 76.9 Å². The van der Waals surface area contributed by atoms with Crippen LogP contribution in [0.2, 0.25) is 0 Å². The number of hydrogen-bond acceptors (Lipinski definition) is 2. The van der Waals surface area contributed by atoms with E-state index in [1.165, 1.54) is 51.4 Å². The van der Waals surface area contributed by atoms with Gasteiger partial charge in [-0.25, -0.2) is 0 Å². The van der Waals surface area contributed by atoms with Gasteiger partial charge in [0.05, 0.1) is 12.2 Å². The van der Waals surface area contributed by atoms with Crippen LogP contribution in [0.1, 0.15) is 64.7 Å². The van der Waals surface area contributed by atoms with Gasteiger partial charge in [-0.1, -0.05) is 32.1 Å². The van der Waals surface area contributed by atoms with E-state index in [1.807, 2.05) is 6.92 Å². The lowest BCUT2D eigenvalue weighted by molar-refractivity contribution is -0.0754. The van der Waals surface area contributed by atoms with Crippen LogP contribution in [-0.4, -0.2) is 23.9 Å². The highest BCUT2D eigenvalue weighted by Gasteiger charge is 2.31. The Hall–Kier alpha value is -0.0800. The lowest BCUT2D eigenvalue weighted by atomic mass is 9.82. The van der Waals surface area contributed by atoms with Gasteiger partial charge in [0.1, 0.15) is 0 Å². The molecule has 0 radical (unpaired) electrons. The minimum absolute atomic E-state index is 0.110. The fourth-order valence-electron chi connectivity index (χ4n) is 3.19. The normalized spacial score (nSPS) is 25.8. The van der Waals surface area contributed by atoms with Gasteiger partial charge in [0.25, 0.3) is 0 Å². The minimum atomic E-state index is -0.223. The molecular weight excluding hydrogens is 212 g/mol. The summed E-state index contributed by atoms with van der Waals surface area (Å²) in [6.07, 6.45) is 11.3. The van der Waals surface area contributed by atoms with Crippen LogP contribution in [0, 0.1) is 11.8 Å². The van der Waals surface area contributed by atoms with Gasteiger partial charge in [0.2, 0.25) is 0 Å². The molecule has 0 aromatic rings. The Morgan fingerprint density at radius 3 is 2.41 bits per heavy atom. The first-order valence-corrected chi connectivity index (χ1v) is 7.61. The zero-order valence-corrected chi connectivity index (χ0v) is 11.2. The van der Waals surface area contributed by atoms with Gasteiger partial charge in [-0.05, 0) is 44.4 Å². The van der Waals surface area contributed by atoms with E-state index in [9.17, 15) is 5.11 Å². The molecule has 2 nitrogen and oxygen atoms in total. The summed E-state index contributed by atoms with van der Waals surface area (Å²) in [5, 5.41) is 10.3. The van der Waals surface area contributed by atoms with Crippen molar-refractivity contribution < 1.29 is 9.84 Å². The van der Waals surface area contributed by atoms with Crippen LogP contribution in [0.15, 0.2) is 0 Å². The molecule has 0 saturated heterocycles. The predicted octanol–water partition coefficient (Wildman–Crippen LogP) is 3.52. The summed E-state index contributed by atoms with van der Waals surface area (Å²) in [6, 6.07) is 0. The fraction of sp³-hybridized carbons (Fsp3) is 1.00. The van der Waals surface area contributed by atoms with Gasteiger partial charge in [0, 0.05) is 6.61 Å². The molecule has 0 spiro atoms. The molecule has 2 rings (SSSR count). The van der Waals surface area contributed by atoms with E-state index in [1.54, 1.807) is 0 Å². The van der Waals surface area contributed by atoms with Crippen molar-refractivity contribution in [3.8, 4) is 0 Å². The molecule has 0 aliphatic heterocycles. The second-order valence-corrected chi connectivity index (χ2v) is 5.91. The fourth-order valence-corrected chi connectivity index (χ4v) is 3.19. The van der Waals surface area contributed by atoms with Crippen LogP contribution in [-0.2, 0) is 4.74 Å². The summed E-state index contributed by atoms with van der Waals surface area (Å²) in [5.74, 6) is 1.52. The maximum atomic E-state index is 10.3. The topological polar surface area (TPSA) is 29.5 Å². The lowest BCUT2D eigenvalue weighted by Gasteiger charge is -2.33. The quantitative estimate of drug-likeness (QED) is 0.737. The Kier molecular flexibility index (Phi) is 5.30. The van der Waals surface area contributed by atoms with Crippen molar-refractivity contribution in [1.82, 2.24) is 0 Å². The molecule has 0 bridgehead atoms. The molecule has 17 heavy (non-hydrogen) atoms. The molecule has 1 N–H and O–H groups in total. The lowest BCUT2D eigenvalue weighted by Crippen LogP contribution is -2.37. The molecule has 2 heteroatoms. The SMILES string of the molecule is CCOC(C(O)CCC1CC1)C1CCCCC1. The number of aliphatic hydroxyl groups is 1. The molecular formula is C15H28O2. The maximum absolute atomic E-state index is 10.3. The standard InChI is InChI=1S/C15H28O2/c1-2-17-15(13-6-4-3-5-7-13)14(16)11-10-12-8-9-12/h12-16H,2-11H2,1H3. The Morgan fingerprint density at radius 1 is 1.12 bits per heavy atom. The van der Waals surface area contributed by atoms with Crippen molar-refractivity contribution in [3.05, 3.63) is 0 Å². The Labute approximate surface area is 106 Å². The van der Waals surface area contributed by atoms with Crippen LogP contribution < -0.4 is 0 Å². The molecule has 2 aliphatic carbocycles. The van der Waals surface area contributed by atoms with Crippen molar-refractivity contribution in [2.24, 2.45) is 11.8 Å². The molecule has 2 atom stereocenters. The molecule has 2 fully saturated rings. The highest BCUT2D eigenvalue weighted by atomic mass is 16.5. The van der Waals surface area contributed by atoms with Gasteiger partial charge in [-0.2, -0.15) is 0 Å². The zero-order chi connectivity index (χ0) is 12.1. The van der Waals surface area contributed by atoms with Crippen LogP contribution in [0.25, 0.3) is 0 Å². The number of hydrogen-bond donors (Lipinski definition) is 1. The van der Waals surface area contributed by atoms with E-state index in [0.717, 1.165) is 18.9 Å². The van der Waals surface area contributed by atoms with Crippen molar-refractivity contribution in [2.75, 3.05) is 6.61 Å². The van der Waals surface area contributed by atoms with Gasteiger partial charge in [0.15, 0.2) is 0 Å². The number of rotatable bonds is 7. The smallest absolute Gasteiger partial charge is 0.0861 e. The van der Waals surface area contributed by atoms with Crippen molar-refractivity contribution in [3.63, 3.8) is 0 Å². The third kappa shape index (κ3) is 4.26. The molecule has 100 valence electrons. The first-order valence-electron chi connectivity index (χ1n) is 7.61. The Morgan fingerprint density at radius 2 is 1.82 bits per heavy atom. The van der Waals surface area contributed by atoms with Crippen molar-refractivity contribution in [1.29, 1.82) is 0 Å². The van der Waals surface area contributed by atoms with E-state index >= 15 is 0 Å². The van der Waals surface area contributed by atoms with E-state index < -0.39 is 0 Å². The molecule has 0 heterocycles. The largest absolute Gasteiger partial charge is 0.390 e. The van der Waals surface area contributed by atoms with Crippen LogP contribution >= 0.6 is 0 Å². The van der Waals surface area contributed by atoms with Gasteiger partial charge in [-0.3, -0.25) is 0 Å². The highest BCUT2D eigenvalue weighted by Crippen LogP contribution is 2.36. The average Bonchev–Trinajstić information content (AvgIpc) is 3.18. The number of ether oxygens (including phenoxy) is 1. The third-order valence-corrected chi connectivity index (χ3v) is 4.42. The molecule has 0 aromatic carbocycles. The van der Waals surface area contributed by atoms with Crippen LogP contribution in [0.5, 0.6) is 0 Å². The summed E-state index contributed by atoms with van der Waals surface area (Å²) in [6.45, 7) is 2.78. The minimum Gasteiger partial charge on any atom is -0.390 e. The maximum Gasteiger partial charge on any atom is 0.0861 e. The summed E-state index contributed by atoms with van der Waals surface area (Å²) < 4.78 is 5.85.